The van der Waals surface area contributed by atoms with Crippen molar-refractivity contribution in [2.75, 3.05) is 12.3 Å². The van der Waals surface area contributed by atoms with Crippen LogP contribution >= 0.6 is 0 Å². The molecule has 2 N–H and O–H groups in total. The van der Waals surface area contributed by atoms with Crippen molar-refractivity contribution in [1.29, 1.82) is 0 Å². The number of benzene rings is 1. The van der Waals surface area contributed by atoms with E-state index in [1.807, 2.05) is 32.0 Å². The van der Waals surface area contributed by atoms with Crippen LogP contribution in [0.4, 0.5) is 5.69 Å². The van der Waals surface area contributed by atoms with Gasteiger partial charge in [0.2, 0.25) is 5.82 Å². The first-order valence-electron chi connectivity index (χ1n) is 7.00. The Kier molecular flexibility index (Phi) is 3.44. The molecular formula is C15H19N3O2. The van der Waals surface area contributed by atoms with Gasteiger partial charge in [0.1, 0.15) is 6.10 Å². The third kappa shape index (κ3) is 2.54. The Morgan fingerprint density at radius 3 is 2.90 bits per heavy atom. The summed E-state index contributed by atoms with van der Waals surface area (Å²) in [6, 6.07) is 5.75. The van der Waals surface area contributed by atoms with Gasteiger partial charge in [-0.1, -0.05) is 11.2 Å². The molecule has 1 fully saturated rings. The SMILES string of the molecule is CCOC(c1noc(-c2ccc(C)c(N)c2)n1)C1CC1. The number of nitrogen functional groups attached to an aromatic ring is 1. The van der Waals surface area contributed by atoms with Crippen LogP contribution in [0.1, 0.15) is 37.3 Å². The monoisotopic (exact) mass is 273 g/mol. The van der Waals surface area contributed by atoms with Crippen molar-refractivity contribution in [3.63, 3.8) is 0 Å². The third-order valence-corrected chi connectivity index (χ3v) is 3.62. The highest BCUT2D eigenvalue weighted by molar-refractivity contribution is 5.62. The van der Waals surface area contributed by atoms with Gasteiger partial charge in [0.15, 0.2) is 0 Å². The average molecular weight is 273 g/mol. The van der Waals surface area contributed by atoms with E-state index in [1.165, 1.54) is 12.8 Å². The van der Waals surface area contributed by atoms with E-state index in [0.29, 0.717) is 24.2 Å². The summed E-state index contributed by atoms with van der Waals surface area (Å²) in [6.07, 6.45) is 2.30. The normalized spacial score (nSPS) is 16.3. The fourth-order valence-corrected chi connectivity index (χ4v) is 2.24. The van der Waals surface area contributed by atoms with Gasteiger partial charge in [-0.25, -0.2) is 0 Å². The van der Waals surface area contributed by atoms with Crippen LogP contribution in [0.3, 0.4) is 0 Å². The lowest BCUT2D eigenvalue weighted by Gasteiger charge is -2.11. The zero-order valence-corrected chi connectivity index (χ0v) is 11.8. The number of nitrogens with zero attached hydrogens (tertiary/aromatic N) is 2. The minimum absolute atomic E-state index is 0.0414. The lowest BCUT2D eigenvalue weighted by molar-refractivity contribution is 0.0385. The van der Waals surface area contributed by atoms with Gasteiger partial charge in [0.05, 0.1) is 0 Å². The quantitative estimate of drug-likeness (QED) is 0.847. The molecule has 1 heterocycles. The van der Waals surface area contributed by atoms with Gasteiger partial charge in [-0.2, -0.15) is 4.98 Å². The first kappa shape index (κ1) is 13.1. The third-order valence-electron chi connectivity index (χ3n) is 3.62. The Morgan fingerprint density at radius 2 is 2.25 bits per heavy atom. The van der Waals surface area contributed by atoms with E-state index in [-0.39, 0.29) is 6.10 Å². The van der Waals surface area contributed by atoms with E-state index in [4.69, 9.17) is 15.0 Å². The zero-order chi connectivity index (χ0) is 14.1. The van der Waals surface area contributed by atoms with E-state index in [0.717, 1.165) is 16.8 Å². The highest BCUT2D eigenvalue weighted by Gasteiger charge is 2.36. The van der Waals surface area contributed by atoms with E-state index in [9.17, 15) is 0 Å². The maximum absolute atomic E-state index is 5.92. The second-order valence-electron chi connectivity index (χ2n) is 5.24. The topological polar surface area (TPSA) is 74.2 Å². The van der Waals surface area contributed by atoms with Gasteiger partial charge in [-0.15, -0.1) is 0 Å². The summed E-state index contributed by atoms with van der Waals surface area (Å²) in [6.45, 7) is 4.61. The largest absolute Gasteiger partial charge is 0.398 e. The molecule has 1 aromatic heterocycles. The number of aromatic nitrogens is 2. The lowest BCUT2D eigenvalue weighted by atomic mass is 10.1. The Bertz CT molecular complexity index is 605. The number of rotatable bonds is 5. The summed E-state index contributed by atoms with van der Waals surface area (Å²) in [4.78, 5) is 4.47. The molecule has 5 heteroatoms. The maximum atomic E-state index is 5.92. The molecule has 1 unspecified atom stereocenters. The molecule has 0 saturated heterocycles. The Labute approximate surface area is 118 Å². The predicted octanol–water partition coefficient (Wildman–Crippen LogP) is 3.11. The van der Waals surface area contributed by atoms with Crippen molar-refractivity contribution in [3.05, 3.63) is 29.6 Å². The molecule has 3 rings (SSSR count). The van der Waals surface area contributed by atoms with Crippen LogP contribution in [0.25, 0.3) is 11.5 Å². The lowest BCUT2D eigenvalue weighted by Crippen LogP contribution is -2.08. The van der Waals surface area contributed by atoms with E-state index in [2.05, 4.69) is 10.1 Å². The van der Waals surface area contributed by atoms with Gasteiger partial charge in [-0.3, -0.25) is 0 Å². The summed E-state index contributed by atoms with van der Waals surface area (Å²) in [5.41, 5.74) is 8.53. The predicted molar refractivity (Wildman–Crippen MR) is 76.0 cm³/mol. The fraction of sp³-hybridized carbons (Fsp3) is 0.467. The molecule has 106 valence electrons. The first-order valence-corrected chi connectivity index (χ1v) is 7.00. The van der Waals surface area contributed by atoms with Crippen LogP contribution in [0, 0.1) is 12.8 Å². The molecule has 0 amide bonds. The van der Waals surface area contributed by atoms with E-state index < -0.39 is 0 Å². The number of hydrogen-bond donors (Lipinski definition) is 1. The highest BCUT2D eigenvalue weighted by atomic mass is 16.5. The molecule has 1 aliphatic rings. The standard InChI is InChI=1S/C15H19N3O2/c1-3-19-13(10-6-7-10)14-17-15(20-18-14)11-5-4-9(2)12(16)8-11/h4-5,8,10,13H,3,6-7,16H2,1-2H3. The molecule has 0 bridgehead atoms. The van der Waals surface area contributed by atoms with Crippen LogP contribution in [-0.4, -0.2) is 16.7 Å². The van der Waals surface area contributed by atoms with E-state index in [1.54, 1.807) is 0 Å². The van der Waals surface area contributed by atoms with Gasteiger partial charge >= 0.3 is 0 Å². The van der Waals surface area contributed by atoms with Gasteiger partial charge in [0.25, 0.3) is 5.89 Å². The summed E-state index contributed by atoms with van der Waals surface area (Å²) < 4.78 is 11.1. The number of nitrogens with two attached hydrogens (primary N) is 1. The number of hydrogen-bond acceptors (Lipinski definition) is 5. The second-order valence-corrected chi connectivity index (χ2v) is 5.24. The summed E-state index contributed by atoms with van der Waals surface area (Å²) in [5.74, 6) is 1.67. The first-order chi connectivity index (χ1) is 9.69. The smallest absolute Gasteiger partial charge is 0.258 e. The Morgan fingerprint density at radius 1 is 1.45 bits per heavy atom. The van der Waals surface area contributed by atoms with Crippen molar-refractivity contribution in [1.82, 2.24) is 10.1 Å². The van der Waals surface area contributed by atoms with Crippen LogP contribution in [0.5, 0.6) is 0 Å². The van der Waals surface area contributed by atoms with Gasteiger partial charge < -0.3 is 15.0 Å². The molecule has 1 saturated carbocycles. The zero-order valence-electron chi connectivity index (χ0n) is 11.8. The number of aryl methyl sites for hydroxylation is 1. The molecule has 5 nitrogen and oxygen atoms in total. The minimum atomic E-state index is -0.0414. The van der Waals surface area contributed by atoms with Crippen LogP contribution in [-0.2, 0) is 4.74 Å². The van der Waals surface area contributed by atoms with Gasteiger partial charge in [0, 0.05) is 17.9 Å². The summed E-state index contributed by atoms with van der Waals surface area (Å²) >= 11 is 0. The molecule has 20 heavy (non-hydrogen) atoms. The van der Waals surface area contributed by atoms with Crippen LogP contribution in [0.2, 0.25) is 0 Å². The second kappa shape index (κ2) is 5.25. The van der Waals surface area contributed by atoms with Crippen molar-refractivity contribution >= 4 is 5.69 Å². The summed E-state index contributed by atoms with van der Waals surface area (Å²) in [7, 11) is 0. The molecule has 0 aliphatic heterocycles. The van der Waals surface area contributed by atoms with Crippen molar-refractivity contribution < 1.29 is 9.26 Å². The molecule has 0 radical (unpaired) electrons. The minimum Gasteiger partial charge on any atom is -0.398 e. The van der Waals surface area contributed by atoms with Gasteiger partial charge in [-0.05, 0) is 50.3 Å². The Hall–Kier alpha value is -1.88. The average Bonchev–Trinajstić information content (AvgIpc) is 3.16. The van der Waals surface area contributed by atoms with Crippen molar-refractivity contribution in [2.24, 2.45) is 5.92 Å². The molecule has 2 aromatic rings. The van der Waals surface area contributed by atoms with Crippen molar-refractivity contribution in [2.45, 2.75) is 32.8 Å². The molecule has 1 atom stereocenters. The molecule has 1 aromatic carbocycles. The van der Waals surface area contributed by atoms with E-state index >= 15 is 0 Å². The maximum Gasteiger partial charge on any atom is 0.258 e. The van der Waals surface area contributed by atoms with Crippen molar-refractivity contribution in [3.8, 4) is 11.5 Å². The highest BCUT2D eigenvalue weighted by Crippen LogP contribution is 2.42. The number of ether oxygens (including phenoxy) is 1. The number of anilines is 1. The Balaban J connectivity index is 1.86. The fourth-order valence-electron chi connectivity index (χ4n) is 2.24. The summed E-state index contributed by atoms with van der Waals surface area (Å²) in [5, 5.41) is 4.07. The molecule has 0 spiro atoms. The molecular weight excluding hydrogens is 254 g/mol. The van der Waals surface area contributed by atoms with Crippen LogP contribution < -0.4 is 5.73 Å². The molecule has 1 aliphatic carbocycles. The van der Waals surface area contributed by atoms with Crippen LogP contribution in [0.15, 0.2) is 22.7 Å².